The first-order chi connectivity index (χ1) is 8.33. The molecule has 0 aromatic rings. The molecule has 0 amide bonds. The van der Waals surface area contributed by atoms with Crippen molar-refractivity contribution in [2.45, 2.75) is 96.4 Å². The Labute approximate surface area is 109 Å². The molecular formula is C16H33N. The molecule has 0 aromatic heterocycles. The SMILES string of the molecule is CCCCCCCCC1(CC)CCCCCN1. The van der Waals surface area contributed by atoms with E-state index in [2.05, 4.69) is 19.2 Å². The summed E-state index contributed by atoms with van der Waals surface area (Å²) in [7, 11) is 0. The highest BCUT2D eigenvalue weighted by atomic mass is 15.0. The minimum Gasteiger partial charge on any atom is -0.311 e. The first-order valence-corrected chi connectivity index (χ1v) is 8.08. The summed E-state index contributed by atoms with van der Waals surface area (Å²) in [5.41, 5.74) is 0.501. The fourth-order valence-electron chi connectivity index (χ4n) is 3.14. The van der Waals surface area contributed by atoms with E-state index in [-0.39, 0.29) is 0 Å². The van der Waals surface area contributed by atoms with Crippen LogP contribution in [0.3, 0.4) is 0 Å². The number of rotatable bonds is 8. The van der Waals surface area contributed by atoms with Crippen LogP contribution in [0.2, 0.25) is 0 Å². The van der Waals surface area contributed by atoms with Crippen molar-refractivity contribution in [1.29, 1.82) is 0 Å². The molecule has 1 saturated heterocycles. The molecule has 0 bridgehead atoms. The third-order valence-corrected chi connectivity index (χ3v) is 4.52. The lowest BCUT2D eigenvalue weighted by Gasteiger charge is -2.33. The monoisotopic (exact) mass is 239 g/mol. The Morgan fingerprint density at radius 2 is 1.65 bits per heavy atom. The van der Waals surface area contributed by atoms with Crippen molar-refractivity contribution < 1.29 is 0 Å². The van der Waals surface area contributed by atoms with Gasteiger partial charge >= 0.3 is 0 Å². The fourth-order valence-corrected chi connectivity index (χ4v) is 3.14. The summed E-state index contributed by atoms with van der Waals surface area (Å²) in [6, 6.07) is 0. The highest BCUT2D eigenvalue weighted by Crippen LogP contribution is 2.28. The van der Waals surface area contributed by atoms with Crippen molar-refractivity contribution >= 4 is 0 Å². The largest absolute Gasteiger partial charge is 0.311 e. The van der Waals surface area contributed by atoms with Crippen molar-refractivity contribution in [2.24, 2.45) is 0 Å². The molecule has 1 nitrogen and oxygen atoms in total. The zero-order valence-corrected chi connectivity index (χ0v) is 12.2. The molecule has 1 heteroatoms. The molecule has 1 aliphatic rings. The molecule has 1 unspecified atom stereocenters. The lowest BCUT2D eigenvalue weighted by atomic mass is 9.85. The van der Waals surface area contributed by atoms with Crippen LogP contribution < -0.4 is 5.32 Å². The Morgan fingerprint density at radius 3 is 2.41 bits per heavy atom. The second kappa shape index (κ2) is 8.97. The predicted octanol–water partition coefficient (Wildman–Crippen LogP) is 5.05. The van der Waals surface area contributed by atoms with Gasteiger partial charge in [0.2, 0.25) is 0 Å². The van der Waals surface area contributed by atoms with Gasteiger partial charge in [0.05, 0.1) is 0 Å². The van der Waals surface area contributed by atoms with Gasteiger partial charge in [-0.2, -0.15) is 0 Å². The Kier molecular flexibility index (Phi) is 7.92. The summed E-state index contributed by atoms with van der Waals surface area (Å²) in [6.45, 7) is 5.92. The average molecular weight is 239 g/mol. The van der Waals surface area contributed by atoms with Crippen LogP contribution in [0.4, 0.5) is 0 Å². The Hall–Kier alpha value is -0.0400. The third-order valence-electron chi connectivity index (χ3n) is 4.52. The molecule has 0 radical (unpaired) electrons. The van der Waals surface area contributed by atoms with Gasteiger partial charge < -0.3 is 5.32 Å². The smallest absolute Gasteiger partial charge is 0.0178 e. The van der Waals surface area contributed by atoms with Gasteiger partial charge in [-0.05, 0) is 32.2 Å². The van der Waals surface area contributed by atoms with Gasteiger partial charge in [-0.15, -0.1) is 0 Å². The number of nitrogens with one attached hydrogen (secondary N) is 1. The molecule has 1 fully saturated rings. The zero-order valence-electron chi connectivity index (χ0n) is 12.2. The van der Waals surface area contributed by atoms with E-state index in [4.69, 9.17) is 0 Å². The quantitative estimate of drug-likeness (QED) is 0.584. The van der Waals surface area contributed by atoms with E-state index in [1.165, 1.54) is 83.6 Å². The van der Waals surface area contributed by atoms with Gasteiger partial charge in [-0.1, -0.05) is 65.2 Å². The normalized spacial score (nSPS) is 25.8. The van der Waals surface area contributed by atoms with Gasteiger partial charge in [0.25, 0.3) is 0 Å². The van der Waals surface area contributed by atoms with Crippen LogP contribution in [0.15, 0.2) is 0 Å². The zero-order chi connectivity index (χ0) is 12.4. The Balaban J connectivity index is 2.16. The highest BCUT2D eigenvalue weighted by molar-refractivity contribution is 4.88. The second-order valence-electron chi connectivity index (χ2n) is 5.89. The molecule has 0 aromatic carbocycles. The van der Waals surface area contributed by atoms with Crippen molar-refractivity contribution in [2.75, 3.05) is 6.54 Å². The molecule has 1 atom stereocenters. The van der Waals surface area contributed by atoms with Crippen molar-refractivity contribution in [3.8, 4) is 0 Å². The van der Waals surface area contributed by atoms with E-state index >= 15 is 0 Å². The van der Waals surface area contributed by atoms with Crippen molar-refractivity contribution in [1.82, 2.24) is 5.32 Å². The molecule has 0 spiro atoms. The minimum atomic E-state index is 0.501. The summed E-state index contributed by atoms with van der Waals surface area (Å²) in [5, 5.41) is 3.85. The van der Waals surface area contributed by atoms with E-state index in [0.29, 0.717) is 5.54 Å². The van der Waals surface area contributed by atoms with E-state index in [1.807, 2.05) is 0 Å². The minimum absolute atomic E-state index is 0.501. The first-order valence-electron chi connectivity index (χ1n) is 8.08. The number of unbranched alkanes of at least 4 members (excludes halogenated alkanes) is 5. The van der Waals surface area contributed by atoms with Crippen LogP contribution in [0.25, 0.3) is 0 Å². The maximum Gasteiger partial charge on any atom is 0.0178 e. The highest BCUT2D eigenvalue weighted by Gasteiger charge is 2.27. The van der Waals surface area contributed by atoms with Crippen molar-refractivity contribution in [3.63, 3.8) is 0 Å². The second-order valence-corrected chi connectivity index (χ2v) is 5.89. The summed E-state index contributed by atoms with van der Waals surface area (Å²) in [4.78, 5) is 0. The number of hydrogen-bond donors (Lipinski definition) is 1. The van der Waals surface area contributed by atoms with Crippen LogP contribution in [0.5, 0.6) is 0 Å². The molecule has 1 aliphatic heterocycles. The Bertz CT molecular complexity index is 168. The van der Waals surface area contributed by atoms with E-state index in [1.54, 1.807) is 0 Å². The summed E-state index contributed by atoms with van der Waals surface area (Å²) in [6.07, 6.45) is 17.0. The summed E-state index contributed by atoms with van der Waals surface area (Å²) in [5.74, 6) is 0. The van der Waals surface area contributed by atoms with E-state index in [9.17, 15) is 0 Å². The predicted molar refractivity (Wildman–Crippen MR) is 77.5 cm³/mol. The molecular weight excluding hydrogens is 206 g/mol. The Morgan fingerprint density at radius 1 is 0.882 bits per heavy atom. The molecule has 1 heterocycles. The molecule has 1 rings (SSSR count). The van der Waals surface area contributed by atoms with Gasteiger partial charge in [-0.3, -0.25) is 0 Å². The van der Waals surface area contributed by atoms with Crippen LogP contribution in [-0.4, -0.2) is 12.1 Å². The first kappa shape index (κ1) is 15.0. The fraction of sp³-hybridized carbons (Fsp3) is 1.00. The lowest BCUT2D eigenvalue weighted by Crippen LogP contribution is -2.43. The summed E-state index contributed by atoms with van der Waals surface area (Å²) < 4.78 is 0. The van der Waals surface area contributed by atoms with Crippen LogP contribution in [0.1, 0.15) is 90.9 Å². The van der Waals surface area contributed by atoms with Crippen LogP contribution in [0, 0.1) is 0 Å². The maximum atomic E-state index is 3.85. The summed E-state index contributed by atoms with van der Waals surface area (Å²) >= 11 is 0. The van der Waals surface area contributed by atoms with Gasteiger partial charge in [0, 0.05) is 5.54 Å². The maximum absolute atomic E-state index is 3.85. The van der Waals surface area contributed by atoms with Gasteiger partial charge in [-0.25, -0.2) is 0 Å². The standard InChI is InChI=1S/C16H33N/c1-3-5-6-7-8-10-13-16(4-2)14-11-9-12-15-17-16/h17H,3-15H2,1-2H3. The molecule has 0 saturated carbocycles. The van der Waals surface area contributed by atoms with Gasteiger partial charge in [0.1, 0.15) is 0 Å². The third kappa shape index (κ3) is 5.90. The molecule has 1 N–H and O–H groups in total. The molecule has 102 valence electrons. The van der Waals surface area contributed by atoms with Gasteiger partial charge in [0.15, 0.2) is 0 Å². The van der Waals surface area contributed by atoms with E-state index in [0.717, 1.165) is 0 Å². The number of hydrogen-bond acceptors (Lipinski definition) is 1. The lowest BCUT2D eigenvalue weighted by molar-refractivity contribution is 0.273. The average Bonchev–Trinajstić information content (AvgIpc) is 2.60. The van der Waals surface area contributed by atoms with E-state index < -0.39 is 0 Å². The van der Waals surface area contributed by atoms with Crippen LogP contribution >= 0.6 is 0 Å². The van der Waals surface area contributed by atoms with Crippen molar-refractivity contribution in [3.05, 3.63) is 0 Å². The van der Waals surface area contributed by atoms with Crippen LogP contribution in [-0.2, 0) is 0 Å². The molecule has 17 heavy (non-hydrogen) atoms. The topological polar surface area (TPSA) is 12.0 Å². The molecule has 0 aliphatic carbocycles.